The standard InChI is InChI=1S/C18H18N4O2/c1-12-7-9-15(10-8-12)22-13(2)17(20-21-22)18(23)19-14-5-4-6-16(11-14)24-3/h4-11H,1-3H3,(H,19,23). The maximum absolute atomic E-state index is 12.5. The highest BCUT2D eigenvalue weighted by Gasteiger charge is 2.17. The second-order valence-corrected chi connectivity index (χ2v) is 5.46. The van der Waals surface area contributed by atoms with Crippen molar-refractivity contribution in [2.24, 2.45) is 0 Å². The van der Waals surface area contributed by atoms with Crippen LogP contribution in [-0.4, -0.2) is 28.0 Å². The van der Waals surface area contributed by atoms with Gasteiger partial charge in [0, 0.05) is 11.8 Å². The van der Waals surface area contributed by atoms with E-state index < -0.39 is 0 Å². The third-order valence-electron chi connectivity index (χ3n) is 3.72. The van der Waals surface area contributed by atoms with Gasteiger partial charge < -0.3 is 10.1 Å². The molecule has 2 aromatic carbocycles. The minimum Gasteiger partial charge on any atom is -0.497 e. The largest absolute Gasteiger partial charge is 0.497 e. The Morgan fingerprint density at radius 3 is 2.58 bits per heavy atom. The van der Waals surface area contributed by atoms with Gasteiger partial charge in [-0.25, -0.2) is 4.68 Å². The quantitative estimate of drug-likeness (QED) is 0.801. The second kappa shape index (κ2) is 6.54. The smallest absolute Gasteiger partial charge is 0.278 e. The zero-order chi connectivity index (χ0) is 17.1. The van der Waals surface area contributed by atoms with Crippen molar-refractivity contribution in [2.75, 3.05) is 12.4 Å². The lowest BCUT2D eigenvalue weighted by atomic mass is 10.2. The van der Waals surface area contributed by atoms with Crippen molar-refractivity contribution in [3.63, 3.8) is 0 Å². The molecule has 3 aromatic rings. The summed E-state index contributed by atoms with van der Waals surface area (Å²) in [6.07, 6.45) is 0. The van der Waals surface area contributed by atoms with Crippen LogP contribution in [0.1, 0.15) is 21.7 Å². The van der Waals surface area contributed by atoms with Crippen LogP contribution in [0.2, 0.25) is 0 Å². The van der Waals surface area contributed by atoms with Crippen LogP contribution in [0.4, 0.5) is 5.69 Å². The number of aryl methyl sites for hydroxylation is 1. The van der Waals surface area contributed by atoms with Gasteiger partial charge in [0.2, 0.25) is 0 Å². The van der Waals surface area contributed by atoms with Gasteiger partial charge in [0.15, 0.2) is 5.69 Å². The summed E-state index contributed by atoms with van der Waals surface area (Å²) in [4.78, 5) is 12.5. The van der Waals surface area contributed by atoms with E-state index in [0.29, 0.717) is 22.8 Å². The summed E-state index contributed by atoms with van der Waals surface area (Å²) in [5, 5.41) is 10.9. The normalized spacial score (nSPS) is 10.5. The Balaban J connectivity index is 1.84. The number of carbonyl (C=O) groups excluding carboxylic acids is 1. The molecular weight excluding hydrogens is 304 g/mol. The van der Waals surface area contributed by atoms with E-state index in [1.807, 2.05) is 50.2 Å². The Morgan fingerprint density at radius 1 is 1.12 bits per heavy atom. The van der Waals surface area contributed by atoms with Gasteiger partial charge in [0.1, 0.15) is 5.75 Å². The molecule has 0 atom stereocenters. The molecule has 0 aliphatic carbocycles. The number of ether oxygens (including phenoxy) is 1. The molecule has 1 heterocycles. The van der Waals surface area contributed by atoms with E-state index in [1.54, 1.807) is 23.9 Å². The average Bonchev–Trinajstić information content (AvgIpc) is 2.97. The second-order valence-electron chi connectivity index (χ2n) is 5.46. The Bertz CT molecular complexity index is 869. The molecular formula is C18H18N4O2. The molecule has 3 rings (SSSR count). The first-order valence-electron chi connectivity index (χ1n) is 7.53. The number of amides is 1. The number of rotatable bonds is 4. The van der Waals surface area contributed by atoms with Crippen molar-refractivity contribution < 1.29 is 9.53 Å². The number of benzene rings is 2. The van der Waals surface area contributed by atoms with E-state index in [2.05, 4.69) is 15.6 Å². The number of nitrogens with one attached hydrogen (secondary N) is 1. The molecule has 122 valence electrons. The molecule has 0 spiro atoms. The Kier molecular flexibility index (Phi) is 4.29. The fraction of sp³-hybridized carbons (Fsp3) is 0.167. The summed E-state index contributed by atoms with van der Waals surface area (Å²) in [5.74, 6) is 0.368. The van der Waals surface area contributed by atoms with Crippen LogP contribution in [0, 0.1) is 13.8 Å². The van der Waals surface area contributed by atoms with Crippen LogP contribution < -0.4 is 10.1 Å². The van der Waals surface area contributed by atoms with E-state index in [0.717, 1.165) is 11.3 Å². The zero-order valence-electron chi connectivity index (χ0n) is 13.8. The van der Waals surface area contributed by atoms with Gasteiger partial charge in [-0.3, -0.25) is 4.79 Å². The number of anilines is 1. The maximum Gasteiger partial charge on any atom is 0.278 e. The van der Waals surface area contributed by atoms with Crippen molar-refractivity contribution in [3.05, 3.63) is 65.5 Å². The minimum absolute atomic E-state index is 0.290. The van der Waals surface area contributed by atoms with E-state index >= 15 is 0 Å². The van der Waals surface area contributed by atoms with E-state index in [9.17, 15) is 4.79 Å². The SMILES string of the molecule is COc1cccc(NC(=O)c2nnn(-c3ccc(C)cc3)c2C)c1. The summed E-state index contributed by atoms with van der Waals surface area (Å²) >= 11 is 0. The predicted octanol–water partition coefficient (Wildman–Crippen LogP) is 3.15. The van der Waals surface area contributed by atoms with Crippen LogP contribution in [0.25, 0.3) is 5.69 Å². The monoisotopic (exact) mass is 322 g/mol. The fourth-order valence-corrected chi connectivity index (χ4v) is 2.36. The number of carbonyl (C=O) groups is 1. The Hall–Kier alpha value is -3.15. The highest BCUT2D eigenvalue weighted by Crippen LogP contribution is 2.18. The molecule has 0 aliphatic rings. The molecule has 0 bridgehead atoms. The summed E-state index contributed by atoms with van der Waals surface area (Å²) in [5.41, 5.74) is 3.64. The summed E-state index contributed by atoms with van der Waals surface area (Å²) in [6.45, 7) is 3.84. The van der Waals surface area contributed by atoms with Gasteiger partial charge >= 0.3 is 0 Å². The van der Waals surface area contributed by atoms with Crippen LogP contribution in [0.5, 0.6) is 5.75 Å². The molecule has 0 saturated carbocycles. The van der Waals surface area contributed by atoms with Gasteiger partial charge in [-0.15, -0.1) is 5.10 Å². The van der Waals surface area contributed by atoms with Gasteiger partial charge in [-0.2, -0.15) is 0 Å². The Morgan fingerprint density at radius 2 is 1.88 bits per heavy atom. The van der Waals surface area contributed by atoms with Crippen molar-refractivity contribution >= 4 is 11.6 Å². The maximum atomic E-state index is 12.5. The molecule has 0 aliphatic heterocycles. The van der Waals surface area contributed by atoms with Gasteiger partial charge in [0.25, 0.3) is 5.91 Å². The number of hydrogen-bond acceptors (Lipinski definition) is 4. The van der Waals surface area contributed by atoms with E-state index in [1.165, 1.54) is 0 Å². The molecule has 1 N–H and O–H groups in total. The molecule has 24 heavy (non-hydrogen) atoms. The van der Waals surface area contributed by atoms with Crippen LogP contribution in [0.15, 0.2) is 48.5 Å². The minimum atomic E-state index is -0.306. The van der Waals surface area contributed by atoms with Crippen molar-refractivity contribution in [3.8, 4) is 11.4 Å². The number of nitrogens with zero attached hydrogens (tertiary/aromatic N) is 3. The van der Waals surface area contributed by atoms with Crippen LogP contribution in [0.3, 0.4) is 0 Å². The highest BCUT2D eigenvalue weighted by atomic mass is 16.5. The lowest BCUT2D eigenvalue weighted by Crippen LogP contribution is -2.14. The number of hydrogen-bond donors (Lipinski definition) is 1. The average molecular weight is 322 g/mol. The molecule has 1 aromatic heterocycles. The lowest BCUT2D eigenvalue weighted by molar-refractivity contribution is 0.102. The highest BCUT2D eigenvalue weighted by molar-refractivity contribution is 6.03. The lowest BCUT2D eigenvalue weighted by Gasteiger charge is -2.06. The third kappa shape index (κ3) is 3.12. The molecule has 6 nitrogen and oxygen atoms in total. The zero-order valence-corrected chi connectivity index (χ0v) is 13.8. The molecule has 6 heteroatoms. The van der Waals surface area contributed by atoms with E-state index in [-0.39, 0.29) is 5.91 Å². The van der Waals surface area contributed by atoms with Gasteiger partial charge in [-0.1, -0.05) is 29.0 Å². The number of methoxy groups -OCH3 is 1. The Labute approximate surface area is 140 Å². The van der Waals surface area contributed by atoms with E-state index in [4.69, 9.17) is 4.74 Å². The van der Waals surface area contributed by atoms with Crippen molar-refractivity contribution in [2.45, 2.75) is 13.8 Å². The molecule has 0 unspecified atom stereocenters. The topological polar surface area (TPSA) is 69.0 Å². The first-order chi connectivity index (χ1) is 11.6. The number of aromatic nitrogens is 3. The predicted molar refractivity (Wildman–Crippen MR) is 91.8 cm³/mol. The molecule has 0 saturated heterocycles. The first kappa shape index (κ1) is 15.7. The van der Waals surface area contributed by atoms with Crippen LogP contribution >= 0.6 is 0 Å². The molecule has 0 radical (unpaired) electrons. The third-order valence-corrected chi connectivity index (χ3v) is 3.72. The molecule has 0 fully saturated rings. The summed E-state index contributed by atoms with van der Waals surface area (Å²) < 4.78 is 6.81. The van der Waals surface area contributed by atoms with Gasteiger partial charge in [0.05, 0.1) is 18.5 Å². The summed E-state index contributed by atoms with van der Waals surface area (Å²) in [6, 6.07) is 15.0. The fourth-order valence-electron chi connectivity index (χ4n) is 2.36. The van der Waals surface area contributed by atoms with Crippen molar-refractivity contribution in [1.82, 2.24) is 15.0 Å². The van der Waals surface area contributed by atoms with Crippen molar-refractivity contribution in [1.29, 1.82) is 0 Å². The first-order valence-corrected chi connectivity index (χ1v) is 7.53. The van der Waals surface area contributed by atoms with Gasteiger partial charge in [-0.05, 0) is 38.1 Å². The van der Waals surface area contributed by atoms with Crippen LogP contribution in [-0.2, 0) is 0 Å². The molecule has 1 amide bonds. The summed E-state index contributed by atoms with van der Waals surface area (Å²) in [7, 11) is 1.58.